The highest BCUT2D eigenvalue weighted by Gasteiger charge is 2.08. The molecular formula is C14H31N. The summed E-state index contributed by atoms with van der Waals surface area (Å²) >= 11 is 0. The summed E-state index contributed by atoms with van der Waals surface area (Å²) in [5.41, 5.74) is 0. The summed E-state index contributed by atoms with van der Waals surface area (Å²) in [5.74, 6) is 0.833. The van der Waals surface area contributed by atoms with Crippen LogP contribution in [-0.2, 0) is 0 Å². The highest BCUT2D eigenvalue weighted by atomic mass is 15.1. The topological polar surface area (TPSA) is 3.24 Å². The zero-order valence-corrected chi connectivity index (χ0v) is 11.4. The van der Waals surface area contributed by atoms with Crippen LogP contribution in [0.5, 0.6) is 0 Å². The molecule has 0 aliphatic carbocycles. The fraction of sp³-hybridized carbons (Fsp3) is 1.00. The van der Waals surface area contributed by atoms with E-state index >= 15 is 0 Å². The molecule has 0 aromatic carbocycles. The predicted molar refractivity (Wildman–Crippen MR) is 70.3 cm³/mol. The van der Waals surface area contributed by atoms with Crippen molar-refractivity contribution in [1.29, 1.82) is 0 Å². The lowest BCUT2D eigenvalue weighted by molar-refractivity contribution is 0.224. The Hall–Kier alpha value is -0.0400. The molecule has 0 bridgehead atoms. The number of unbranched alkanes of at least 4 members (excludes halogenated alkanes) is 2. The fourth-order valence-corrected chi connectivity index (χ4v) is 1.77. The first-order valence-electron chi connectivity index (χ1n) is 6.89. The molecule has 0 unspecified atom stereocenters. The Labute approximate surface area is 97.2 Å². The van der Waals surface area contributed by atoms with Crippen LogP contribution in [0.2, 0.25) is 0 Å². The molecule has 0 radical (unpaired) electrons. The molecule has 0 amide bonds. The molecule has 0 saturated carbocycles. The maximum atomic E-state index is 2.62. The van der Waals surface area contributed by atoms with Gasteiger partial charge in [-0.25, -0.2) is 0 Å². The van der Waals surface area contributed by atoms with E-state index in [-0.39, 0.29) is 0 Å². The van der Waals surface area contributed by atoms with Gasteiger partial charge in [-0.2, -0.15) is 0 Å². The highest BCUT2D eigenvalue weighted by molar-refractivity contribution is 4.63. The van der Waals surface area contributed by atoms with Crippen LogP contribution in [0.3, 0.4) is 0 Å². The molecule has 0 spiro atoms. The van der Waals surface area contributed by atoms with Crippen LogP contribution in [0.25, 0.3) is 0 Å². The summed E-state index contributed by atoms with van der Waals surface area (Å²) in [6.45, 7) is 12.9. The van der Waals surface area contributed by atoms with Crippen LogP contribution < -0.4 is 0 Å². The van der Waals surface area contributed by atoms with Crippen molar-refractivity contribution in [2.24, 2.45) is 5.92 Å². The van der Waals surface area contributed by atoms with Crippen LogP contribution in [-0.4, -0.2) is 24.5 Å². The van der Waals surface area contributed by atoms with Crippen molar-refractivity contribution in [1.82, 2.24) is 4.90 Å². The summed E-state index contributed by atoms with van der Waals surface area (Å²) in [5, 5.41) is 0. The molecule has 92 valence electrons. The minimum Gasteiger partial charge on any atom is -0.303 e. The van der Waals surface area contributed by atoms with Gasteiger partial charge in [0.05, 0.1) is 0 Å². The fourth-order valence-electron chi connectivity index (χ4n) is 1.77. The number of hydrogen-bond acceptors (Lipinski definition) is 1. The Bertz CT molecular complexity index is 112. The second kappa shape index (κ2) is 10.5. The van der Waals surface area contributed by atoms with Crippen molar-refractivity contribution in [3.8, 4) is 0 Å². The van der Waals surface area contributed by atoms with Crippen molar-refractivity contribution in [2.45, 2.75) is 66.2 Å². The molecule has 1 nitrogen and oxygen atoms in total. The Balaban J connectivity index is 0.000000423. The van der Waals surface area contributed by atoms with Gasteiger partial charge in [0, 0.05) is 0 Å². The summed E-state index contributed by atoms with van der Waals surface area (Å²) < 4.78 is 0. The van der Waals surface area contributed by atoms with E-state index in [9.17, 15) is 0 Å². The van der Waals surface area contributed by atoms with Crippen molar-refractivity contribution in [2.75, 3.05) is 19.6 Å². The molecule has 1 aliphatic heterocycles. The van der Waals surface area contributed by atoms with E-state index in [4.69, 9.17) is 0 Å². The molecule has 15 heavy (non-hydrogen) atoms. The molecule has 0 N–H and O–H groups in total. The van der Waals surface area contributed by atoms with Crippen molar-refractivity contribution >= 4 is 0 Å². The van der Waals surface area contributed by atoms with E-state index in [1.54, 1.807) is 0 Å². The van der Waals surface area contributed by atoms with Gasteiger partial charge in [-0.3, -0.25) is 0 Å². The monoisotopic (exact) mass is 213 g/mol. The SMILES string of the molecule is CC(C)C.CCCCCN1CCCCC1. The van der Waals surface area contributed by atoms with E-state index in [1.165, 1.54) is 58.2 Å². The van der Waals surface area contributed by atoms with Gasteiger partial charge in [0.25, 0.3) is 0 Å². The quantitative estimate of drug-likeness (QED) is 0.628. The van der Waals surface area contributed by atoms with Gasteiger partial charge in [0.15, 0.2) is 0 Å². The van der Waals surface area contributed by atoms with E-state index in [1.807, 2.05) is 0 Å². The molecule has 0 aromatic rings. The lowest BCUT2D eigenvalue weighted by Gasteiger charge is -2.26. The maximum absolute atomic E-state index is 2.62. The lowest BCUT2D eigenvalue weighted by Crippen LogP contribution is -2.30. The number of nitrogens with zero attached hydrogens (tertiary/aromatic N) is 1. The van der Waals surface area contributed by atoms with Crippen LogP contribution in [0, 0.1) is 5.92 Å². The van der Waals surface area contributed by atoms with Gasteiger partial charge in [-0.1, -0.05) is 47.0 Å². The van der Waals surface area contributed by atoms with E-state index in [0.717, 1.165) is 5.92 Å². The molecule has 1 heterocycles. The Kier molecular flexibility index (Phi) is 10.4. The zero-order chi connectivity index (χ0) is 11.5. The van der Waals surface area contributed by atoms with Gasteiger partial charge in [0.1, 0.15) is 0 Å². The minimum absolute atomic E-state index is 0.833. The van der Waals surface area contributed by atoms with E-state index < -0.39 is 0 Å². The van der Waals surface area contributed by atoms with Gasteiger partial charge in [-0.05, 0) is 44.8 Å². The Morgan fingerprint density at radius 1 is 0.933 bits per heavy atom. The predicted octanol–water partition coefficient (Wildman–Crippen LogP) is 4.32. The van der Waals surface area contributed by atoms with Crippen LogP contribution in [0.15, 0.2) is 0 Å². The van der Waals surface area contributed by atoms with E-state index in [2.05, 4.69) is 32.6 Å². The molecule has 1 rings (SSSR count). The smallest absolute Gasteiger partial charge is 0.00187 e. The maximum Gasteiger partial charge on any atom is -0.00187 e. The zero-order valence-electron chi connectivity index (χ0n) is 11.4. The standard InChI is InChI=1S/C10H21N.C4H10/c1-2-3-5-8-11-9-6-4-7-10-11;1-4(2)3/h2-10H2,1H3;4H,1-3H3. The van der Waals surface area contributed by atoms with Gasteiger partial charge in [-0.15, -0.1) is 0 Å². The minimum atomic E-state index is 0.833. The van der Waals surface area contributed by atoms with Gasteiger partial charge in [0.2, 0.25) is 0 Å². The van der Waals surface area contributed by atoms with E-state index in [0.29, 0.717) is 0 Å². The molecule has 1 heteroatoms. The molecular weight excluding hydrogens is 182 g/mol. The first kappa shape index (κ1) is 15.0. The van der Waals surface area contributed by atoms with Crippen LogP contribution in [0.4, 0.5) is 0 Å². The molecule has 1 saturated heterocycles. The third-order valence-corrected chi connectivity index (χ3v) is 2.53. The number of piperidine rings is 1. The van der Waals surface area contributed by atoms with Crippen molar-refractivity contribution < 1.29 is 0 Å². The Morgan fingerprint density at radius 3 is 1.93 bits per heavy atom. The summed E-state index contributed by atoms with van der Waals surface area (Å²) in [4.78, 5) is 2.62. The summed E-state index contributed by atoms with van der Waals surface area (Å²) in [7, 11) is 0. The summed E-state index contributed by atoms with van der Waals surface area (Å²) in [6, 6.07) is 0. The third kappa shape index (κ3) is 11.9. The van der Waals surface area contributed by atoms with Crippen LogP contribution >= 0.6 is 0 Å². The highest BCUT2D eigenvalue weighted by Crippen LogP contribution is 2.09. The average molecular weight is 213 g/mol. The average Bonchev–Trinajstić information content (AvgIpc) is 2.19. The first-order chi connectivity index (χ1) is 7.16. The third-order valence-electron chi connectivity index (χ3n) is 2.53. The van der Waals surface area contributed by atoms with Gasteiger partial charge < -0.3 is 4.90 Å². The van der Waals surface area contributed by atoms with Crippen molar-refractivity contribution in [3.63, 3.8) is 0 Å². The lowest BCUT2D eigenvalue weighted by atomic mass is 10.1. The van der Waals surface area contributed by atoms with Crippen molar-refractivity contribution in [3.05, 3.63) is 0 Å². The van der Waals surface area contributed by atoms with Gasteiger partial charge >= 0.3 is 0 Å². The number of hydrogen-bond donors (Lipinski definition) is 0. The molecule has 1 fully saturated rings. The number of rotatable bonds is 4. The largest absolute Gasteiger partial charge is 0.303 e. The van der Waals surface area contributed by atoms with Crippen LogP contribution in [0.1, 0.15) is 66.2 Å². The Morgan fingerprint density at radius 2 is 1.47 bits per heavy atom. The normalized spacial score (nSPS) is 17.4. The number of likely N-dealkylation sites (tertiary alicyclic amines) is 1. The second-order valence-corrected chi connectivity index (χ2v) is 5.34. The molecule has 1 aliphatic rings. The second-order valence-electron chi connectivity index (χ2n) is 5.34. The molecule has 0 atom stereocenters. The summed E-state index contributed by atoms with van der Waals surface area (Å²) in [6.07, 6.45) is 8.52. The first-order valence-corrected chi connectivity index (χ1v) is 6.89. The molecule has 0 aromatic heterocycles.